The monoisotopic (exact) mass is 423 g/mol. The summed E-state index contributed by atoms with van der Waals surface area (Å²) in [5, 5.41) is 4.04. The van der Waals surface area contributed by atoms with Gasteiger partial charge in [0.15, 0.2) is 11.3 Å². The summed E-state index contributed by atoms with van der Waals surface area (Å²) in [4.78, 5) is 19.0. The Kier molecular flexibility index (Phi) is 6.84. The minimum Gasteiger partial charge on any atom is -0.492 e. The van der Waals surface area contributed by atoms with Crippen LogP contribution in [0, 0.1) is 6.92 Å². The van der Waals surface area contributed by atoms with Crippen LogP contribution in [0.3, 0.4) is 0 Å². The number of nitrogens with zero attached hydrogens (tertiary/aromatic N) is 2. The highest BCUT2D eigenvalue weighted by Gasteiger charge is 2.17. The molecule has 2 aromatic heterocycles. The zero-order chi connectivity index (χ0) is 21.6. The van der Waals surface area contributed by atoms with Gasteiger partial charge in [-0.1, -0.05) is 6.07 Å². The van der Waals surface area contributed by atoms with Crippen molar-refractivity contribution in [2.45, 2.75) is 26.3 Å². The van der Waals surface area contributed by atoms with Crippen molar-refractivity contribution in [1.29, 1.82) is 0 Å². The molecule has 3 heterocycles. The largest absolute Gasteiger partial charge is 0.492 e. The third-order valence-corrected chi connectivity index (χ3v) is 5.50. The Morgan fingerprint density at radius 1 is 1.23 bits per heavy atom. The van der Waals surface area contributed by atoms with Gasteiger partial charge >= 0.3 is 0 Å². The molecule has 1 aromatic carbocycles. The highest BCUT2D eigenvalue weighted by Crippen LogP contribution is 2.28. The standard InChI is InChI=1S/C24H29N3O4/c1-17(15-19-5-3-4-8-26-19)25-9-12-30-22-7-6-20-21(28)16-23(31-24(20)18(22)2)27-10-13-29-14-11-27/h3-8,16-17,25H,9-15H2,1-2H3. The third kappa shape index (κ3) is 5.24. The number of hydrogen-bond acceptors (Lipinski definition) is 7. The van der Waals surface area contributed by atoms with Gasteiger partial charge in [-0.05, 0) is 38.1 Å². The minimum atomic E-state index is -0.0394. The van der Waals surface area contributed by atoms with Crippen molar-refractivity contribution in [1.82, 2.24) is 10.3 Å². The Balaban J connectivity index is 1.39. The van der Waals surface area contributed by atoms with Gasteiger partial charge in [-0.25, -0.2) is 0 Å². The van der Waals surface area contributed by atoms with Crippen LogP contribution in [0.25, 0.3) is 11.0 Å². The van der Waals surface area contributed by atoms with Crippen LogP contribution in [0.5, 0.6) is 5.75 Å². The van der Waals surface area contributed by atoms with Crippen LogP contribution in [0.4, 0.5) is 5.88 Å². The molecule has 0 aliphatic carbocycles. The predicted octanol–water partition coefficient (Wildman–Crippen LogP) is 2.93. The molecule has 7 heteroatoms. The maximum Gasteiger partial charge on any atom is 0.200 e. The average Bonchev–Trinajstić information content (AvgIpc) is 2.79. The number of aryl methyl sites for hydroxylation is 1. The first-order valence-corrected chi connectivity index (χ1v) is 10.8. The van der Waals surface area contributed by atoms with Crippen molar-refractivity contribution in [2.24, 2.45) is 0 Å². The van der Waals surface area contributed by atoms with Crippen molar-refractivity contribution in [3.8, 4) is 5.75 Å². The molecule has 1 aliphatic heterocycles. The smallest absolute Gasteiger partial charge is 0.200 e. The van der Waals surface area contributed by atoms with Crippen molar-refractivity contribution in [2.75, 3.05) is 44.4 Å². The zero-order valence-electron chi connectivity index (χ0n) is 18.1. The summed E-state index contributed by atoms with van der Waals surface area (Å²) in [6.45, 7) is 8.00. The zero-order valence-corrected chi connectivity index (χ0v) is 18.1. The van der Waals surface area contributed by atoms with Gasteiger partial charge in [0.05, 0.1) is 18.6 Å². The van der Waals surface area contributed by atoms with Gasteiger partial charge in [0.2, 0.25) is 0 Å². The van der Waals surface area contributed by atoms with E-state index in [4.69, 9.17) is 13.9 Å². The molecule has 1 atom stereocenters. The van der Waals surface area contributed by atoms with E-state index in [1.807, 2.05) is 42.3 Å². The fourth-order valence-corrected chi connectivity index (χ4v) is 3.79. The van der Waals surface area contributed by atoms with E-state index in [-0.39, 0.29) is 5.43 Å². The van der Waals surface area contributed by atoms with Crippen molar-refractivity contribution < 1.29 is 13.9 Å². The molecule has 31 heavy (non-hydrogen) atoms. The number of rotatable bonds is 8. The number of benzene rings is 1. The number of aromatic nitrogens is 1. The predicted molar refractivity (Wildman–Crippen MR) is 121 cm³/mol. The topological polar surface area (TPSA) is 76.8 Å². The molecule has 1 unspecified atom stereocenters. The van der Waals surface area contributed by atoms with E-state index >= 15 is 0 Å². The normalized spacial score (nSPS) is 15.2. The Labute approximate surface area is 182 Å². The van der Waals surface area contributed by atoms with E-state index in [1.165, 1.54) is 0 Å². The molecule has 0 amide bonds. The summed E-state index contributed by atoms with van der Waals surface area (Å²) in [5.74, 6) is 1.32. The summed E-state index contributed by atoms with van der Waals surface area (Å²) in [7, 11) is 0. The molecular formula is C24H29N3O4. The van der Waals surface area contributed by atoms with E-state index in [9.17, 15) is 4.79 Å². The fourth-order valence-electron chi connectivity index (χ4n) is 3.79. The molecule has 0 saturated carbocycles. The minimum absolute atomic E-state index is 0.0394. The van der Waals surface area contributed by atoms with Gasteiger partial charge in [0, 0.05) is 55.6 Å². The first-order chi connectivity index (χ1) is 15.1. The second-order valence-corrected chi connectivity index (χ2v) is 7.84. The molecule has 1 fully saturated rings. The molecule has 0 bridgehead atoms. The first-order valence-electron chi connectivity index (χ1n) is 10.8. The van der Waals surface area contributed by atoms with Gasteiger partial charge in [-0.2, -0.15) is 0 Å². The number of anilines is 1. The Morgan fingerprint density at radius 2 is 2.06 bits per heavy atom. The third-order valence-electron chi connectivity index (χ3n) is 5.50. The lowest BCUT2D eigenvalue weighted by atomic mass is 10.1. The molecule has 1 N–H and O–H groups in total. The molecule has 3 aromatic rings. The van der Waals surface area contributed by atoms with Crippen LogP contribution in [-0.2, 0) is 11.2 Å². The maximum absolute atomic E-state index is 12.6. The van der Waals surface area contributed by atoms with Gasteiger partial charge < -0.3 is 24.1 Å². The molecule has 0 spiro atoms. The van der Waals surface area contributed by atoms with Gasteiger partial charge in [0.25, 0.3) is 0 Å². The average molecular weight is 424 g/mol. The van der Waals surface area contributed by atoms with E-state index in [1.54, 1.807) is 12.1 Å². The quantitative estimate of drug-likeness (QED) is 0.558. The van der Waals surface area contributed by atoms with Gasteiger partial charge in [-0.15, -0.1) is 0 Å². The number of hydrogen-bond donors (Lipinski definition) is 1. The van der Waals surface area contributed by atoms with E-state index in [2.05, 4.69) is 17.2 Å². The van der Waals surface area contributed by atoms with Crippen molar-refractivity contribution in [3.05, 3.63) is 64.1 Å². The van der Waals surface area contributed by atoms with Crippen LogP contribution in [-0.4, -0.2) is 50.5 Å². The highest BCUT2D eigenvalue weighted by molar-refractivity contribution is 5.82. The molecule has 4 rings (SSSR count). The number of fused-ring (bicyclic) bond motifs is 1. The summed E-state index contributed by atoms with van der Waals surface area (Å²) in [5.41, 5.74) is 2.46. The lowest BCUT2D eigenvalue weighted by Crippen LogP contribution is -2.36. The second kappa shape index (κ2) is 9.94. The number of morpholine rings is 1. The Hall–Kier alpha value is -2.90. The second-order valence-electron chi connectivity index (χ2n) is 7.84. The van der Waals surface area contributed by atoms with Crippen LogP contribution >= 0.6 is 0 Å². The Bertz CT molecular complexity index is 1060. The van der Waals surface area contributed by atoms with E-state index in [0.717, 1.165) is 23.4 Å². The molecule has 164 valence electrons. The number of nitrogens with one attached hydrogen (secondary N) is 1. The first kappa shape index (κ1) is 21.3. The highest BCUT2D eigenvalue weighted by atomic mass is 16.5. The lowest BCUT2D eigenvalue weighted by Gasteiger charge is -2.27. The molecule has 7 nitrogen and oxygen atoms in total. The van der Waals surface area contributed by atoms with E-state index in [0.29, 0.717) is 62.4 Å². The SMILES string of the molecule is Cc1c(OCCNC(C)Cc2ccccn2)ccc2c(=O)cc(N3CCOCC3)oc12. The van der Waals surface area contributed by atoms with Gasteiger partial charge in [0.1, 0.15) is 17.9 Å². The molecule has 1 saturated heterocycles. The summed E-state index contributed by atoms with van der Waals surface area (Å²) in [6, 6.07) is 11.5. The Morgan fingerprint density at radius 3 is 2.84 bits per heavy atom. The summed E-state index contributed by atoms with van der Waals surface area (Å²) >= 11 is 0. The van der Waals surface area contributed by atoms with Crippen LogP contribution in [0.1, 0.15) is 18.2 Å². The molecule has 0 radical (unpaired) electrons. The molecule has 1 aliphatic rings. The van der Waals surface area contributed by atoms with Crippen molar-refractivity contribution >= 4 is 16.9 Å². The van der Waals surface area contributed by atoms with Crippen LogP contribution in [0.2, 0.25) is 0 Å². The number of pyridine rings is 1. The van der Waals surface area contributed by atoms with Crippen molar-refractivity contribution in [3.63, 3.8) is 0 Å². The van der Waals surface area contributed by atoms with Crippen LogP contribution in [0.15, 0.2) is 51.8 Å². The fraction of sp³-hybridized carbons (Fsp3) is 0.417. The van der Waals surface area contributed by atoms with Crippen LogP contribution < -0.4 is 20.4 Å². The summed E-state index contributed by atoms with van der Waals surface area (Å²) in [6.07, 6.45) is 2.68. The van der Waals surface area contributed by atoms with Gasteiger partial charge in [-0.3, -0.25) is 9.78 Å². The lowest BCUT2D eigenvalue weighted by molar-refractivity contribution is 0.121. The number of ether oxygens (including phenoxy) is 2. The van der Waals surface area contributed by atoms with E-state index < -0.39 is 0 Å². The maximum atomic E-state index is 12.6. The molecular weight excluding hydrogens is 394 g/mol. The summed E-state index contributed by atoms with van der Waals surface area (Å²) < 4.78 is 17.5.